The second-order valence-corrected chi connectivity index (χ2v) is 4.23. The van der Waals surface area contributed by atoms with E-state index >= 15 is 0 Å². The largest absolute Gasteiger partial charge is 0.101 e. The molecule has 0 nitrogen and oxygen atoms in total. The summed E-state index contributed by atoms with van der Waals surface area (Å²) in [7, 11) is 0. The van der Waals surface area contributed by atoms with Crippen molar-refractivity contribution < 1.29 is 0 Å². The summed E-state index contributed by atoms with van der Waals surface area (Å²) in [6.45, 7) is 3.70. The standard InChI is InChI=1S/C20H16/c1-3-11-19(17-13-7-5-8-14-17)20(12-4-2)18-15-9-6-10-16-18/h5-10,13-16H,1-2H3/b20-19+. The summed E-state index contributed by atoms with van der Waals surface area (Å²) >= 11 is 0. The Bertz CT molecular complexity index is 646. The number of rotatable bonds is 2. The first-order chi connectivity index (χ1) is 9.86. The molecule has 2 aromatic carbocycles. The van der Waals surface area contributed by atoms with Gasteiger partial charge in [0, 0.05) is 11.1 Å². The lowest BCUT2D eigenvalue weighted by Crippen LogP contribution is -1.89. The van der Waals surface area contributed by atoms with Crippen LogP contribution >= 0.6 is 0 Å². The van der Waals surface area contributed by atoms with E-state index in [9.17, 15) is 0 Å². The molecule has 0 aliphatic rings. The zero-order valence-electron chi connectivity index (χ0n) is 11.8. The molecule has 0 aromatic heterocycles. The highest BCUT2D eigenvalue weighted by molar-refractivity contribution is 6.04. The minimum atomic E-state index is 0.980. The number of hydrogen-bond acceptors (Lipinski definition) is 0. The Labute approximate surface area is 121 Å². The van der Waals surface area contributed by atoms with Crippen LogP contribution in [0.4, 0.5) is 0 Å². The molecule has 0 saturated carbocycles. The van der Waals surface area contributed by atoms with E-state index in [1.807, 2.05) is 50.2 Å². The van der Waals surface area contributed by atoms with Crippen molar-refractivity contribution in [3.8, 4) is 23.7 Å². The molecule has 0 heteroatoms. The molecule has 0 unspecified atom stereocenters. The molecule has 0 heterocycles. The Hall–Kier alpha value is -2.70. The summed E-state index contributed by atoms with van der Waals surface area (Å²) in [6, 6.07) is 20.4. The van der Waals surface area contributed by atoms with E-state index in [0.717, 1.165) is 22.3 Å². The van der Waals surface area contributed by atoms with Gasteiger partial charge in [0.2, 0.25) is 0 Å². The maximum atomic E-state index is 3.21. The molecule has 0 bridgehead atoms. The maximum Gasteiger partial charge on any atom is 0.0480 e. The predicted molar refractivity (Wildman–Crippen MR) is 86.6 cm³/mol. The highest BCUT2D eigenvalue weighted by Crippen LogP contribution is 2.25. The van der Waals surface area contributed by atoms with E-state index in [1.54, 1.807) is 0 Å². The third-order valence-corrected chi connectivity index (χ3v) is 2.87. The smallest absolute Gasteiger partial charge is 0.0480 e. The van der Waals surface area contributed by atoms with Gasteiger partial charge in [-0.3, -0.25) is 0 Å². The minimum Gasteiger partial charge on any atom is -0.101 e. The topological polar surface area (TPSA) is 0 Å². The molecule has 0 saturated heterocycles. The third-order valence-electron chi connectivity index (χ3n) is 2.87. The van der Waals surface area contributed by atoms with Crippen LogP contribution in [0, 0.1) is 23.7 Å². The summed E-state index contributed by atoms with van der Waals surface area (Å²) in [5, 5.41) is 0. The lowest BCUT2D eigenvalue weighted by atomic mass is 9.95. The SMILES string of the molecule is CC#C/C(=C(/C#CC)c1ccccc1)c1ccccc1. The van der Waals surface area contributed by atoms with Crippen LogP contribution in [0.3, 0.4) is 0 Å². The maximum absolute atomic E-state index is 3.21. The molecule has 0 aliphatic heterocycles. The van der Waals surface area contributed by atoms with Crippen LogP contribution in [0.5, 0.6) is 0 Å². The Kier molecular flexibility index (Phi) is 4.82. The van der Waals surface area contributed by atoms with E-state index in [0.29, 0.717) is 0 Å². The van der Waals surface area contributed by atoms with Gasteiger partial charge in [-0.1, -0.05) is 72.5 Å². The molecule has 0 radical (unpaired) electrons. The van der Waals surface area contributed by atoms with E-state index < -0.39 is 0 Å². The molecule has 0 amide bonds. The summed E-state index contributed by atoms with van der Waals surface area (Å²) in [5.74, 6) is 12.4. The van der Waals surface area contributed by atoms with E-state index in [2.05, 4.69) is 47.9 Å². The van der Waals surface area contributed by atoms with Gasteiger partial charge in [-0.15, -0.1) is 11.8 Å². The molecular formula is C20H16. The van der Waals surface area contributed by atoms with Crippen LogP contribution in [0.1, 0.15) is 25.0 Å². The van der Waals surface area contributed by atoms with Crippen molar-refractivity contribution in [3.63, 3.8) is 0 Å². The molecule has 0 aliphatic carbocycles. The van der Waals surface area contributed by atoms with Crippen LogP contribution in [-0.4, -0.2) is 0 Å². The zero-order chi connectivity index (χ0) is 14.2. The van der Waals surface area contributed by atoms with Gasteiger partial charge in [-0.25, -0.2) is 0 Å². The number of allylic oxidation sites excluding steroid dienone is 2. The second kappa shape index (κ2) is 7.03. The first kappa shape index (κ1) is 13.7. The lowest BCUT2D eigenvalue weighted by Gasteiger charge is -2.07. The van der Waals surface area contributed by atoms with Crippen molar-refractivity contribution in [2.24, 2.45) is 0 Å². The minimum absolute atomic E-state index is 0.980. The van der Waals surface area contributed by atoms with Crippen LogP contribution < -0.4 is 0 Å². The van der Waals surface area contributed by atoms with E-state index in [-0.39, 0.29) is 0 Å². The van der Waals surface area contributed by atoms with Gasteiger partial charge in [0.1, 0.15) is 0 Å². The van der Waals surface area contributed by atoms with Crippen molar-refractivity contribution >= 4 is 11.1 Å². The van der Waals surface area contributed by atoms with Crippen molar-refractivity contribution in [2.75, 3.05) is 0 Å². The molecular weight excluding hydrogens is 240 g/mol. The first-order valence-electron chi connectivity index (χ1n) is 6.57. The highest BCUT2D eigenvalue weighted by atomic mass is 14.1. The van der Waals surface area contributed by atoms with E-state index in [1.165, 1.54) is 0 Å². The fourth-order valence-corrected chi connectivity index (χ4v) is 2.02. The average Bonchev–Trinajstić information content (AvgIpc) is 2.52. The van der Waals surface area contributed by atoms with Crippen molar-refractivity contribution in [3.05, 3.63) is 71.8 Å². The van der Waals surface area contributed by atoms with Gasteiger partial charge >= 0.3 is 0 Å². The highest BCUT2D eigenvalue weighted by Gasteiger charge is 2.07. The normalized spacial score (nSPS) is 10.5. The van der Waals surface area contributed by atoms with Crippen LogP contribution in [0.25, 0.3) is 11.1 Å². The Morgan fingerprint density at radius 3 is 1.25 bits per heavy atom. The van der Waals surface area contributed by atoms with E-state index in [4.69, 9.17) is 0 Å². The molecule has 2 aromatic rings. The molecule has 2 rings (SSSR count). The van der Waals surface area contributed by atoms with Crippen LogP contribution in [0.15, 0.2) is 60.7 Å². The molecule has 96 valence electrons. The summed E-state index contributed by atoms with van der Waals surface area (Å²) in [4.78, 5) is 0. The fourth-order valence-electron chi connectivity index (χ4n) is 2.02. The van der Waals surface area contributed by atoms with Crippen molar-refractivity contribution in [1.29, 1.82) is 0 Å². The van der Waals surface area contributed by atoms with Crippen molar-refractivity contribution in [1.82, 2.24) is 0 Å². The van der Waals surface area contributed by atoms with Gasteiger partial charge in [-0.2, -0.15) is 0 Å². The Balaban J connectivity index is 2.71. The second-order valence-electron chi connectivity index (χ2n) is 4.23. The average molecular weight is 256 g/mol. The fraction of sp³-hybridized carbons (Fsp3) is 0.100. The number of benzene rings is 2. The quantitative estimate of drug-likeness (QED) is 0.542. The molecule has 0 spiro atoms. The van der Waals surface area contributed by atoms with Gasteiger partial charge < -0.3 is 0 Å². The lowest BCUT2D eigenvalue weighted by molar-refractivity contribution is 1.60. The van der Waals surface area contributed by atoms with Crippen LogP contribution in [0.2, 0.25) is 0 Å². The van der Waals surface area contributed by atoms with Gasteiger partial charge in [0.05, 0.1) is 0 Å². The molecule has 0 N–H and O–H groups in total. The summed E-state index contributed by atoms with van der Waals surface area (Å²) in [6.07, 6.45) is 0. The predicted octanol–water partition coefficient (Wildman–Crippen LogP) is 4.64. The van der Waals surface area contributed by atoms with Gasteiger partial charge in [-0.05, 0) is 25.0 Å². The Morgan fingerprint density at radius 1 is 0.600 bits per heavy atom. The summed E-state index contributed by atoms with van der Waals surface area (Å²) in [5.41, 5.74) is 4.16. The number of hydrogen-bond donors (Lipinski definition) is 0. The third kappa shape index (κ3) is 3.19. The van der Waals surface area contributed by atoms with Gasteiger partial charge in [0.25, 0.3) is 0 Å². The zero-order valence-corrected chi connectivity index (χ0v) is 11.8. The molecule has 0 atom stereocenters. The molecule has 0 fully saturated rings. The van der Waals surface area contributed by atoms with Gasteiger partial charge in [0.15, 0.2) is 0 Å². The first-order valence-corrected chi connectivity index (χ1v) is 6.57. The monoisotopic (exact) mass is 256 g/mol. The summed E-state index contributed by atoms with van der Waals surface area (Å²) < 4.78 is 0. The van der Waals surface area contributed by atoms with Crippen molar-refractivity contribution in [2.45, 2.75) is 13.8 Å². The molecule has 20 heavy (non-hydrogen) atoms. The Morgan fingerprint density at radius 2 is 0.950 bits per heavy atom. The van der Waals surface area contributed by atoms with Crippen LogP contribution in [-0.2, 0) is 0 Å².